The van der Waals surface area contributed by atoms with Crippen LogP contribution in [-0.4, -0.2) is 24.7 Å². The Balaban J connectivity index is 0.00000180. The lowest BCUT2D eigenvalue weighted by Crippen LogP contribution is -2.34. The molecule has 19 heavy (non-hydrogen) atoms. The second-order valence-electron chi connectivity index (χ2n) is 4.50. The number of benzene rings is 1. The highest BCUT2D eigenvalue weighted by atomic mass is 127. The molecule has 0 amide bonds. The Morgan fingerprint density at radius 3 is 2.84 bits per heavy atom. The summed E-state index contributed by atoms with van der Waals surface area (Å²) < 4.78 is 5.69. The van der Waals surface area contributed by atoms with Crippen LogP contribution in [0.2, 0.25) is 5.02 Å². The zero-order valence-electron chi connectivity index (χ0n) is 10.8. The number of aliphatic imine (C=N–C) groups is 1. The highest BCUT2D eigenvalue weighted by Gasteiger charge is 2.21. The molecule has 3 N–H and O–H groups in total. The Morgan fingerprint density at radius 2 is 2.21 bits per heavy atom. The van der Waals surface area contributed by atoms with Crippen molar-refractivity contribution in [2.45, 2.75) is 31.9 Å². The second-order valence-corrected chi connectivity index (χ2v) is 4.91. The predicted molar refractivity (Wildman–Crippen MR) is 89.6 cm³/mol. The van der Waals surface area contributed by atoms with Crippen LogP contribution in [0.5, 0.6) is 5.75 Å². The van der Waals surface area contributed by atoms with E-state index >= 15 is 0 Å². The lowest BCUT2D eigenvalue weighted by Gasteiger charge is -2.14. The van der Waals surface area contributed by atoms with Crippen molar-refractivity contribution in [2.24, 2.45) is 10.7 Å². The van der Waals surface area contributed by atoms with Crippen molar-refractivity contribution in [3.63, 3.8) is 0 Å². The van der Waals surface area contributed by atoms with E-state index < -0.39 is 0 Å². The maximum atomic E-state index is 6.01. The van der Waals surface area contributed by atoms with E-state index in [-0.39, 0.29) is 30.1 Å². The number of hydrogen-bond donors (Lipinski definition) is 2. The normalized spacial score (nSPS) is 16.4. The maximum Gasteiger partial charge on any atom is 0.188 e. The third-order valence-corrected chi connectivity index (χ3v) is 2.93. The molecule has 1 aromatic carbocycles. The van der Waals surface area contributed by atoms with Crippen molar-refractivity contribution < 1.29 is 4.74 Å². The van der Waals surface area contributed by atoms with Crippen LogP contribution >= 0.6 is 35.6 Å². The molecule has 1 unspecified atom stereocenters. The molecule has 0 aromatic heterocycles. The number of nitrogens with two attached hydrogens (primary N) is 1. The number of hydrogen-bond acceptors (Lipinski definition) is 2. The van der Waals surface area contributed by atoms with Gasteiger partial charge in [0.05, 0.1) is 11.6 Å². The molecule has 1 aromatic rings. The number of halogens is 2. The minimum Gasteiger partial charge on any atom is -0.487 e. The van der Waals surface area contributed by atoms with Gasteiger partial charge in [0.15, 0.2) is 5.96 Å². The molecule has 106 valence electrons. The van der Waals surface area contributed by atoms with Gasteiger partial charge < -0.3 is 15.8 Å². The first-order valence-electron chi connectivity index (χ1n) is 6.13. The van der Waals surface area contributed by atoms with E-state index in [1.54, 1.807) is 6.07 Å². The molecule has 0 heterocycles. The highest BCUT2D eigenvalue weighted by molar-refractivity contribution is 14.0. The molecule has 1 aliphatic carbocycles. The molecule has 4 nitrogen and oxygen atoms in total. The molecule has 2 rings (SSSR count). The summed E-state index contributed by atoms with van der Waals surface area (Å²) >= 11 is 6.01. The van der Waals surface area contributed by atoms with Gasteiger partial charge in [-0.1, -0.05) is 23.7 Å². The number of guanidine groups is 1. The van der Waals surface area contributed by atoms with Gasteiger partial charge in [-0.25, -0.2) is 4.99 Å². The Labute approximate surface area is 135 Å². The fourth-order valence-electron chi connectivity index (χ4n) is 1.50. The van der Waals surface area contributed by atoms with E-state index in [1.165, 1.54) is 12.8 Å². The van der Waals surface area contributed by atoms with Crippen LogP contribution in [0.1, 0.15) is 19.8 Å². The summed E-state index contributed by atoms with van der Waals surface area (Å²) in [6, 6.07) is 7.92. The van der Waals surface area contributed by atoms with E-state index in [1.807, 2.05) is 25.1 Å². The smallest absolute Gasteiger partial charge is 0.188 e. The minimum atomic E-state index is -0.0653. The summed E-state index contributed by atoms with van der Waals surface area (Å²) in [4.78, 5) is 4.25. The van der Waals surface area contributed by atoms with Crippen LogP contribution < -0.4 is 15.8 Å². The standard InChI is InChI=1S/C13H18ClN3O.HI/c1-9(8-16-13(15)17-10-6-7-10)18-12-5-3-2-4-11(12)14;/h2-5,9-10H,6-8H2,1H3,(H3,15,16,17);1H. The van der Waals surface area contributed by atoms with Gasteiger partial charge in [-0.2, -0.15) is 0 Å². The van der Waals surface area contributed by atoms with Gasteiger partial charge >= 0.3 is 0 Å². The fraction of sp³-hybridized carbons (Fsp3) is 0.462. The van der Waals surface area contributed by atoms with Gasteiger partial charge in [-0.3, -0.25) is 0 Å². The van der Waals surface area contributed by atoms with Gasteiger partial charge in [0, 0.05) is 6.04 Å². The molecule has 6 heteroatoms. The molecule has 1 saturated carbocycles. The lowest BCUT2D eigenvalue weighted by atomic mass is 10.3. The second kappa shape index (κ2) is 7.79. The topological polar surface area (TPSA) is 59.6 Å². The number of para-hydroxylation sites is 1. The molecule has 0 spiro atoms. The average molecular weight is 396 g/mol. The van der Waals surface area contributed by atoms with Crippen LogP contribution in [0.15, 0.2) is 29.3 Å². The van der Waals surface area contributed by atoms with Gasteiger partial charge in [-0.05, 0) is 31.9 Å². The van der Waals surface area contributed by atoms with Gasteiger partial charge in [0.25, 0.3) is 0 Å². The van der Waals surface area contributed by atoms with E-state index in [2.05, 4.69) is 10.3 Å². The summed E-state index contributed by atoms with van der Waals surface area (Å²) in [7, 11) is 0. The Bertz CT molecular complexity index is 438. The van der Waals surface area contributed by atoms with Crippen molar-refractivity contribution in [2.75, 3.05) is 6.54 Å². The van der Waals surface area contributed by atoms with Crippen molar-refractivity contribution >= 4 is 41.5 Å². The number of ether oxygens (including phenoxy) is 1. The van der Waals surface area contributed by atoms with Gasteiger partial charge in [0.2, 0.25) is 0 Å². The molecule has 1 atom stereocenters. The Morgan fingerprint density at radius 1 is 1.53 bits per heavy atom. The quantitative estimate of drug-likeness (QED) is 0.458. The van der Waals surface area contributed by atoms with Gasteiger partial charge in [0.1, 0.15) is 11.9 Å². The Kier molecular flexibility index (Phi) is 6.71. The SMILES string of the molecule is CC(CN=C(N)NC1CC1)Oc1ccccc1Cl.I. The number of nitrogens with zero attached hydrogens (tertiary/aromatic N) is 1. The van der Waals surface area contributed by atoms with Crippen molar-refractivity contribution in [3.05, 3.63) is 29.3 Å². The first-order valence-corrected chi connectivity index (χ1v) is 6.50. The summed E-state index contributed by atoms with van der Waals surface area (Å²) in [6.07, 6.45) is 2.30. The molecule has 0 bridgehead atoms. The third-order valence-electron chi connectivity index (χ3n) is 2.61. The monoisotopic (exact) mass is 395 g/mol. The molecular weight excluding hydrogens is 377 g/mol. The average Bonchev–Trinajstić information content (AvgIpc) is 3.13. The first kappa shape index (κ1) is 16.4. The minimum absolute atomic E-state index is 0. The van der Waals surface area contributed by atoms with Crippen LogP contribution in [0.3, 0.4) is 0 Å². The molecular formula is C13H19ClIN3O. The first-order chi connectivity index (χ1) is 8.65. The third kappa shape index (κ3) is 5.86. The molecule has 0 saturated heterocycles. The highest BCUT2D eigenvalue weighted by Crippen LogP contribution is 2.24. The summed E-state index contributed by atoms with van der Waals surface area (Å²) in [5.74, 6) is 1.17. The molecule has 0 radical (unpaired) electrons. The van der Waals surface area contributed by atoms with Gasteiger partial charge in [-0.15, -0.1) is 24.0 Å². The van der Waals surface area contributed by atoms with Crippen LogP contribution in [0.4, 0.5) is 0 Å². The van der Waals surface area contributed by atoms with E-state index in [4.69, 9.17) is 22.1 Å². The maximum absolute atomic E-state index is 6.01. The van der Waals surface area contributed by atoms with E-state index in [9.17, 15) is 0 Å². The molecule has 1 fully saturated rings. The predicted octanol–water partition coefficient (Wildman–Crippen LogP) is 2.79. The molecule has 0 aliphatic heterocycles. The van der Waals surface area contributed by atoms with Crippen molar-refractivity contribution in [1.82, 2.24) is 5.32 Å². The van der Waals surface area contributed by atoms with Crippen LogP contribution in [-0.2, 0) is 0 Å². The van der Waals surface area contributed by atoms with E-state index in [0.29, 0.717) is 29.3 Å². The largest absolute Gasteiger partial charge is 0.487 e. The number of nitrogens with one attached hydrogen (secondary N) is 1. The fourth-order valence-corrected chi connectivity index (χ4v) is 1.68. The summed E-state index contributed by atoms with van der Waals surface area (Å²) in [5, 5.41) is 3.74. The number of rotatable bonds is 5. The van der Waals surface area contributed by atoms with Crippen molar-refractivity contribution in [1.29, 1.82) is 0 Å². The zero-order chi connectivity index (χ0) is 13.0. The molecule has 1 aliphatic rings. The lowest BCUT2D eigenvalue weighted by molar-refractivity contribution is 0.230. The van der Waals surface area contributed by atoms with Crippen molar-refractivity contribution in [3.8, 4) is 5.75 Å². The summed E-state index contributed by atoms with van der Waals surface area (Å²) in [6.45, 7) is 2.45. The van der Waals surface area contributed by atoms with E-state index in [0.717, 1.165) is 0 Å². The van der Waals surface area contributed by atoms with Crippen LogP contribution in [0, 0.1) is 0 Å². The Hall–Kier alpha value is -0.690. The summed E-state index contributed by atoms with van der Waals surface area (Å²) in [5.41, 5.74) is 5.74. The zero-order valence-corrected chi connectivity index (χ0v) is 13.9. The van der Waals surface area contributed by atoms with Crippen LogP contribution in [0.25, 0.3) is 0 Å².